The second-order valence-electron chi connectivity index (χ2n) is 4.15. The predicted molar refractivity (Wildman–Crippen MR) is 46.5 cm³/mol. The van der Waals surface area contributed by atoms with E-state index in [1.165, 1.54) is 4.90 Å². The average molecular weight is 185 g/mol. The first-order valence-electron chi connectivity index (χ1n) is 4.80. The van der Waals surface area contributed by atoms with E-state index in [9.17, 15) is 9.90 Å². The zero-order chi connectivity index (χ0) is 9.47. The van der Waals surface area contributed by atoms with Crippen LogP contribution in [-0.4, -0.2) is 40.4 Å². The Kier molecular flexibility index (Phi) is 1.95. The van der Waals surface area contributed by atoms with Gasteiger partial charge in [-0.3, -0.25) is 0 Å². The third-order valence-corrected chi connectivity index (χ3v) is 3.41. The number of hydrogen-bond donors (Lipinski definition) is 2. The molecule has 0 aromatic heterocycles. The number of carboxylic acid groups (broad SMARTS) is 1. The molecule has 1 atom stereocenters. The van der Waals surface area contributed by atoms with Crippen molar-refractivity contribution in [3.05, 3.63) is 0 Å². The Bertz CT molecular complexity index is 225. The minimum atomic E-state index is -0.831. The highest BCUT2D eigenvalue weighted by Gasteiger charge is 2.53. The maximum atomic E-state index is 10.8. The second kappa shape index (κ2) is 2.87. The number of carbonyl (C=O) groups is 1. The molecule has 0 aromatic rings. The van der Waals surface area contributed by atoms with Gasteiger partial charge in [-0.05, 0) is 25.7 Å². The quantitative estimate of drug-likeness (QED) is 0.672. The van der Waals surface area contributed by atoms with Crippen LogP contribution in [0, 0.1) is 5.41 Å². The molecule has 0 spiro atoms. The Morgan fingerprint density at radius 2 is 2.23 bits per heavy atom. The number of amides is 1. The molecule has 0 bridgehead atoms. The molecule has 13 heavy (non-hydrogen) atoms. The van der Waals surface area contributed by atoms with Crippen molar-refractivity contribution in [1.29, 1.82) is 0 Å². The number of aliphatic hydroxyl groups is 1. The summed E-state index contributed by atoms with van der Waals surface area (Å²) in [5, 5.41) is 18.1. The summed E-state index contributed by atoms with van der Waals surface area (Å²) in [4.78, 5) is 12.3. The SMILES string of the molecule is O=C(O)N1CCC[C@H]1C1(CO)CC1. The van der Waals surface area contributed by atoms with Gasteiger partial charge in [-0.25, -0.2) is 4.79 Å². The molecule has 2 aliphatic rings. The van der Waals surface area contributed by atoms with Crippen LogP contribution in [0.15, 0.2) is 0 Å². The summed E-state index contributed by atoms with van der Waals surface area (Å²) in [6.07, 6.45) is 3.00. The maximum absolute atomic E-state index is 10.8. The van der Waals surface area contributed by atoms with Crippen molar-refractivity contribution in [2.24, 2.45) is 5.41 Å². The van der Waals surface area contributed by atoms with Gasteiger partial charge in [0.05, 0.1) is 6.61 Å². The Morgan fingerprint density at radius 1 is 1.54 bits per heavy atom. The monoisotopic (exact) mass is 185 g/mol. The molecule has 1 aliphatic heterocycles. The van der Waals surface area contributed by atoms with E-state index >= 15 is 0 Å². The van der Waals surface area contributed by atoms with E-state index in [4.69, 9.17) is 5.11 Å². The van der Waals surface area contributed by atoms with Gasteiger partial charge in [-0.2, -0.15) is 0 Å². The Labute approximate surface area is 77.2 Å². The van der Waals surface area contributed by atoms with Crippen LogP contribution in [0.3, 0.4) is 0 Å². The van der Waals surface area contributed by atoms with Crippen molar-refractivity contribution in [2.75, 3.05) is 13.2 Å². The first-order valence-corrected chi connectivity index (χ1v) is 4.80. The molecule has 1 saturated carbocycles. The maximum Gasteiger partial charge on any atom is 0.407 e. The zero-order valence-corrected chi connectivity index (χ0v) is 7.57. The van der Waals surface area contributed by atoms with E-state index in [2.05, 4.69) is 0 Å². The van der Waals surface area contributed by atoms with Crippen LogP contribution in [0.2, 0.25) is 0 Å². The topological polar surface area (TPSA) is 60.8 Å². The lowest BCUT2D eigenvalue weighted by Crippen LogP contribution is -2.41. The van der Waals surface area contributed by atoms with Crippen molar-refractivity contribution < 1.29 is 15.0 Å². The number of hydrogen-bond acceptors (Lipinski definition) is 2. The lowest BCUT2D eigenvalue weighted by Gasteiger charge is -2.28. The number of likely N-dealkylation sites (tertiary alicyclic amines) is 1. The first kappa shape index (κ1) is 8.81. The minimum absolute atomic E-state index is 0.0745. The summed E-state index contributed by atoms with van der Waals surface area (Å²) in [6.45, 7) is 0.781. The average Bonchev–Trinajstić information content (AvgIpc) is 2.74. The Hall–Kier alpha value is -0.770. The molecule has 4 heteroatoms. The van der Waals surface area contributed by atoms with Gasteiger partial charge in [0.15, 0.2) is 0 Å². The number of aliphatic hydroxyl groups excluding tert-OH is 1. The van der Waals surface area contributed by atoms with Gasteiger partial charge in [-0.1, -0.05) is 0 Å². The van der Waals surface area contributed by atoms with E-state index in [0.717, 1.165) is 25.7 Å². The Balaban J connectivity index is 2.09. The van der Waals surface area contributed by atoms with E-state index in [1.54, 1.807) is 0 Å². The molecule has 2 fully saturated rings. The normalized spacial score (nSPS) is 30.5. The van der Waals surface area contributed by atoms with Crippen molar-refractivity contribution in [1.82, 2.24) is 4.90 Å². The van der Waals surface area contributed by atoms with Crippen molar-refractivity contribution in [3.63, 3.8) is 0 Å². The molecule has 2 rings (SSSR count). The summed E-state index contributed by atoms with van der Waals surface area (Å²) < 4.78 is 0. The van der Waals surface area contributed by atoms with Gasteiger partial charge in [0.2, 0.25) is 0 Å². The van der Waals surface area contributed by atoms with E-state index in [0.29, 0.717) is 6.54 Å². The molecule has 74 valence electrons. The van der Waals surface area contributed by atoms with Gasteiger partial charge in [0.25, 0.3) is 0 Å². The van der Waals surface area contributed by atoms with Crippen molar-refractivity contribution in [2.45, 2.75) is 31.7 Å². The molecule has 0 unspecified atom stereocenters. The summed E-state index contributed by atoms with van der Waals surface area (Å²) in [5.74, 6) is 0. The van der Waals surface area contributed by atoms with Crippen molar-refractivity contribution >= 4 is 6.09 Å². The Morgan fingerprint density at radius 3 is 2.69 bits per heavy atom. The van der Waals surface area contributed by atoms with Crippen LogP contribution in [0.5, 0.6) is 0 Å². The molecule has 0 radical (unpaired) electrons. The highest BCUT2D eigenvalue weighted by molar-refractivity contribution is 5.66. The summed E-state index contributed by atoms with van der Waals surface area (Å²) in [5.41, 5.74) is -0.0745. The molecule has 1 heterocycles. The molecular weight excluding hydrogens is 170 g/mol. The predicted octanol–water partition coefficient (Wildman–Crippen LogP) is 0.901. The molecule has 1 amide bonds. The first-order chi connectivity index (χ1) is 6.19. The van der Waals surface area contributed by atoms with E-state index in [-0.39, 0.29) is 18.1 Å². The lowest BCUT2D eigenvalue weighted by molar-refractivity contribution is 0.0942. The van der Waals surface area contributed by atoms with E-state index in [1.807, 2.05) is 0 Å². The molecule has 2 N–H and O–H groups in total. The van der Waals surface area contributed by atoms with Crippen molar-refractivity contribution in [3.8, 4) is 0 Å². The standard InChI is InChI=1S/C9H15NO3/c11-6-9(3-4-9)7-2-1-5-10(7)8(12)13/h7,11H,1-6H2,(H,12,13)/t7-/m0/s1. The van der Waals surface area contributed by atoms with Gasteiger partial charge in [0.1, 0.15) is 0 Å². The van der Waals surface area contributed by atoms with Crippen LogP contribution < -0.4 is 0 Å². The summed E-state index contributed by atoms with van der Waals surface area (Å²) in [7, 11) is 0. The summed E-state index contributed by atoms with van der Waals surface area (Å²) >= 11 is 0. The number of nitrogens with zero attached hydrogens (tertiary/aromatic N) is 1. The highest BCUT2D eigenvalue weighted by Crippen LogP contribution is 2.52. The third kappa shape index (κ3) is 1.29. The van der Waals surface area contributed by atoms with Gasteiger partial charge >= 0.3 is 6.09 Å². The lowest BCUT2D eigenvalue weighted by atomic mass is 9.95. The fourth-order valence-corrected chi connectivity index (χ4v) is 2.39. The largest absolute Gasteiger partial charge is 0.465 e. The van der Waals surface area contributed by atoms with Gasteiger partial charge in [-0.15, -0.1) is 0 Å². The van der Waals surface area contributed by atoms with Crippen LogP contribution in [0.1, 0.15) is 25.7 Å². The van der Waals surface area contributed by atoms with Crippen LogP contribution in [0.25, 0.3) is 0 Å². The fraction of sp³-hybridized carbons (Fsp3) is 0.889. The smallest absolute Gasteiger partial charge is 0.407 e. The van der Waals surface area contributed by atoms with Crippen LogP contribution >= 0.6 is 0 Å². The van der Waals surface area contributed by atoms with Gasteiger partial charge < -0.3 is 15.1 Å². The second-order valence-corrected chi connectivity index (χ2v) is 4.15. The third-order valence-electron chi connectivity index (χ3n) is 3.41. The van der Waals surface area contributed by atoms with E-state index < -0.39 is 6.09 Å². The van der Waals surface area contributed by atoms with Crippen LogP contribution in [-0.2, 0) is 0 Å². The minimum Gasteiger partial charge on any atom is -0.465 e. The molecule has 1 saturated heterocycles. The van der Waals surface area contributed by atoms with Crippen LogP contribution in [0.4, 0.5) is 4.79 Å². The zero-order valence-electron chi connectivity index (χ0n) is 7.57. The molecule has 4 nitrogen and oxygen atoms in total. The highest BCUT2D eigenvalue weighted by atomic mass is 16.4. The summed E-state index contributed by atoms with van der Waals surface area (Å²) in [6, 6.07) is 0.0787. The molecular formula is C9H15NO3. The molecule has 0 aromatic carbocycles. The number of rotatable bonds is 2. The van der Waals surface area contributed by atoms with Gasteiger partial charge in [0, 0.05) is 18.0 Å². The molecule has 1 aliphatic carbocycles. The fourth-order valence-electron chi connectivity index (χ4n) is 2.39.